The Hall–Kier alpha value is -5.72. The second-order valence-electron chi connectivity index (χ2n) is 14.9. The molecule has 0 saturated carbocycles. The van der Waals surface area contributed by atoms with Gasteiger partial charge in [-0.3, -0.25) is 14.8 Å². The topological polar surface area (TPSA) is 256 Å². The number of aromatic nitrogens is 6. The molecule has 60 heavy (non-hydrogen) atoms. The number of carbonyl (C=O) groups is 3. The van der Waals surface area contributed by atoms with Crippen LogP contribution in [0.5, 0.6) is 0 Å². The third-order valence-electron chi connectivity index (χ3n) is 8.80. The molecule has 1 fully saturated rings. The van der Waals surface area contributed by atoms with Crippen LogP contribution in [0.25, 0.3) is 0 Å². The van der Waals surface area contributed by atoms with Gasteiger partial charge in [0.15, 0.2) is 0 Å². The average molecular weight is 851 g/mol. The Bertz CT molecular complexity index is 1920. The number of nitrogens with two attached hydrogens (primary N) is 2. The van der Waals surface area contributed by atoms with E-state index in [1.54, 1.807) is 30.7 Å². The number of nitrogens with zero attached hydrogens (tertiary/aromatic N) is 6. The van der Waals surface area contributed by atoms with Crippen LogP contribution in [-0.4, -0.2) is 100 Å². The van der Waals surface area contributed by atoms with Crippen molar-refractivity contribution < 1.29 is 28.6 Å². The van der Waals surface area contributed by atoms with Crippen LogP contribution in [0.15, 0.2) is 49.3 Å². The van der Waals surface area contributed by atoms with Crippen LogP contribution in [0.2, 0.25) is 5.15 Å². The molecule has 0 spiro atoms. The molecule has 4 aromatic rings. The summed E-state index contributed by atoms with van der Waals surface area (Å²) in [5.74, 6) is 1.23. The quantitative estimate of drug-likeness (QED) is 0.0490. The minimum Gasteiger partial charge on any atom is -0.465 e. The molecule has 19 heteroatoms. The van der Waals surface area contributed by atoms with E-state index in [4.69, 9.17) is 37.3 Å². The van der Waals surface area contributed by atoms with E-state index in [1.165, 1.54) is 32.8 Å². The van der Waals surface area contributed by atoms with Crippen molar-refractivity contribution in [3.63, 3.8) is 0 Å². The number of nitrogens with one attached hydrogen (secondary N) is 4. The van der Waals surface area contributed by atoms with E-state index in [0.717, 1.165) is 50.3 Å². The number of carbonyl (C=O) groups excluding carboxylic acids is 3. The number of anilines is 5. The van der Waals surface area contributed by atoms with E-state index in [0.29, 0.717) is 71.8 Å². The van der Waals surface area contributed by atoms with Gasteiger partial charge in [0.05, 0.1) is 61.8 Å². The molecule has 0 aromatic carbocycles. The van der Waals surface area contributed by atoms with Gasteiger partial charge in [-0.1, -0.05) is 11.6 Å². The third-order valence-corrected chi connectivity index (χ3v) is 9.00. The lowest BCUT2D eigenvalue weighted by atomic mass is 9.98. The Morgan fingerprint density at radius 2 is 1.42 bits per heavy atom. The lowest BCUT2D eigenvalue weighted by Gasteiger charge is -2.23. The van der Waals surface area contributed by atoms with Crippen LogP contribution in [0.1, 0.15) is 85.0 Å². The Morgan fingerprint density at radius 1 is 0.817 bits per heavy atom. The van der Waals surface area contributed by atoms with Crippen molar-refractivity contribution in [2.75, 3.05) is 68.6 Å². The van der Waals surface area contributed by atoms with Crippen LogP contribution in [-0.2, 0) is 19.0 Å². The molecule has 1 unspecified atom stereocenters. The summed E-state index contributed by atoms with van der Waals surface area (Å²) in [5, 5.41) is 13.3. The first-order valence-corrected chi connectivity index (χ1v) is 20.0. The zero-order valence-electron chi connectivity index (χ0n) is 35.5. The number of hydrogen-bond donors (Lipinski definition) is 6. The van der Waals surface area contributed by atoms with E-state index in [9.17, 15) is 14.4 Å². The van der Waals surface area contributed by atoms with Gasteiger partial charge >= 0.3 is 17.9 Å². The van der Waals surface area contributed by atoms with Gasteiger partial charge < -0.3 is 46.9 Å². The minimum atomic E-state index is -0.499. The molecular weight excluding hydrogens is 792 g/mol. The van der Waals surface area contributed by atoms with Crippen LogP contribution in [0.4, 0.5) is 28.8 Å². The van der Waals surface area contributed by atoms with Gasteiger partial charge in [0, 0.05) is 38.0 Å². The molecule has 0 aliphatic carbocycles. The maximum atomic E-state index is 12.0. The molecule has 5 heterocycles. The molecule has 1 atom stereocenters. The predicted molar refractivity (Wildman–Crippen MR) is 232 cm³/mol. The number of piperidine rings is 1. The van der Waals surface area contributed by atoms with Crippen molar-refractivity contribution in [2.24, 2.45) is 17.6 Å². The summed E-state index contributed by atoms with van der Waals surface area (Å²) in [7, 11) is 2.67. The van der Waals surface area contributed by atoms with Crippen LogP contribution >= 0.6 is 11.6 Å². The highest BCUT2D eigenvalue weighted by molar-refractivity contribution is 6.29. The normalized spacial score (nSPS) is 12.9. The van der Waals surface area contributed by atoms with E-state index in [2.05, 4.69) is 51.2 Å². The highest BCUT2D eigenvalue weighted by Gasteiger charge is 2.20. The summed E-state index contributed by atoms with van der Waals surface area (Å²) >= 11 is 5.92. The van der Waals surface area contributed by atoms with Gasteiger partial charge in [0.25, 0.3) is 0 Å². The predicted octanol–water partition coefficient (Wildman–Crippen LogP) is 5.51. The fourth-order valence-corrected chi connectivity index (χ4v) is 5.83. The SMILES string of the molecule is COC(=O)c1cnc(Cl)cc1NCC(CCN)CCC(=O)OC(C)(C)C.COC(=O)c1cnc(Nc2cnc(C)cn2)cc1NCC1CCNCC1.Cc1cnc(N)cn1. The molecule has 8 N–H and O–H groups in total. The number of pyridine rings is 2. The van der Waals surface area contributed by atoms with Gasteiger partial charge in [-0.2, -0.15) is 0 Å². The van der Waals surface area contributed by atoms with Gasteiger partial charge in [0.2, 0.25) is 0 Å². The maximum Gasteiger partial charge on any atom is 0.341 e. The first-order valence-electron chi connectivity index (χ1n) is 19.6. The zero-order chi connectivity index (χ0) is 44.1. The second-order valence-corrected chi connectivity index (χ2v) is 15.3. The molecule has 5 rings (SSSR count). The van der Waals surface area contributed by atoms with Crippen molar-refractivity contribution in [2.45, 2.75) is 72.3 Å². The standard InChI is InChI=1S/C18H28ClN3O4.C18H24N6O2.C5H7N3/c1-18(2,3)26-16(23)6-5-12(7-8-20)10-21-14-9-15(19)22-11-13(14)17(24)25-4;1-12-8-22-17(11-20-12)24-16-7-15(14(10-23-16)18(25)26-2)21-9-13-3-5-19-6-4-13;1-4-2-8-5(6)3-7-4/h9,11-12H,5-8,10,20H2,1-4H3,(H,21,22);7-8,10-11,13,19H,3-6,9H2,1-2H3,(H2,21,22,23,24);2-3H,1H3,(H2,6,8). The van der Waals surface area contributed by atoms with Gasteiger partial charge in [-0.25, -0.2) is 29.5 Å². The Kier molecular flexibility index (Phi) is 20.3. The molecule has 326 valence electrons. The van der Waals surface area contributed by atoms with E-state index < -0.39 is 17.5 Å². The molecule has 1 saturated heterocycles. The number of rotatable bonds is 15. The highest BCUT2D eigenvalue weighted by atomic mass is 35.5. The summed E-state index contributed by atoms with van der Waals surface area (Å²) in [5.41, 5.74) is 14.1. The number of aryl methyl sites for hydroxylation is 2. The second kappa shape index (κ2) is 25.0. The van der Waals surface area contributed by atoms with Crippen LogP contribution in [0.3, 0.4) is 0 Å². The molecule has 4 aromatic heterocycles. The number of methoxy groups -OCH3 is 2. The minimum absolute atomic E-state index is 0.143. The molecular formula is C41H59ClN12O6. The smallest absolute Gasteiger partial charge is 0.341 e. The fraction of sp³-hybridized carbons (Fsp3) is 0.488. The van der Waals surface area contributed by atoms with Gasteiger partial charge in [0.1, 0.15) is 39.3 Å². The third kappa shape index (κ3) is 18.0. The number of hydrogen-bond acceptors (Lipinski definition) is 18. The number of halogens is 1. The van der Waals surface area contributed by atoms with Gasteiger partial charge in [-0.05, 0) is 97.8 Å². The summed E-state index contributed by atoms with van der Waals surface area (Å²) in [4.78, 5) is 60.1. The molecule has 0 radical (unpaired) electrons. The van der Waals surface area contributed by atoms with Crippen molar-refractivity contribution in [3.8, 4) is 0 Å². The first-order chi connectivity index (χ1) is 28.6. The van der Waals surface area contributed by atoms with Crippen molar-refractivity contribution in [1.82, 2.24) is 35.2 Å². The average Bonchev–Trinajstić information content (AvgIpc) is 3.22. The van der Waals surface area contributed by atoms with Crippen molar-refractivity contribution >= 4 is 58.3 Å². The lowest BCUT2D eigenvalue weighted by Crippen LogP contribution is -2.31. The largest absolute Gasteiger partial charge is 0.465 e. The monoisotopic (exact) mass is 850 g/mol. The van der Waals surface area contributed by atoms with Crippen LogP contribution in [0, 0.1) is 25.7 Å². The highest BCUT2D eigenvalue weighted by Crippen LogP contribution is 2.24. The zero-order valence-corrected chi connectivity index (χ0v) is 36.3. The Morgan fingerprint density at radius 3 is 1.97 bits per heavy atom. The fourth-order valence-electron chi connectivity index (χ4n) is 5.68. The molecule has 18 nitrogen and oxygen atoms in total. The number of ether oxygens (including phenoxy) is 3. The molecule has 0 amide bonds. The Balaban J connectivity index is 0.000000270. The number of nitrogen functional groups attached to an aromatic ring is 1. The van der Waals surface area contributed by atoms with Gasteiger partial charge in [-0.15, -0.1) is 0 Å². The van der Waals surface area contributed by atoms with E-state index in [-0.39, 0.29) is 17.0 Å². The van der Waals surface area contributed by atoms with Crippen molar-refractivity contribution in [1.29, 1.82) is 0 Å². The molecule has 1 aliphatic heterocycles. The van der Waals surface area contributed by atoms with Crippen LogP contribution < -0.4 is 32.7 Å². The first kappa shape index (κ1) is 48.6. The molecule has 0 bridgehead atoms. The summed E-state index contributed by atoms with van der Waals surface area (Å²) < 4.78 is 15.0. The molecule has 1 aliphatic rings. The van der Waals surface area contributed by atoms with Crippen molar-refractivity contribution in [3.05, 3.63) is 77.0 Å². The summed E-state index contributed by atoms with van der Waals surface area (Å²) in [6.45, 7) is 13.2. The van der Waals surface area contributed by atoms with E-state index >= 15 is 0 Å². The summed E-state index contributed by atoms with van der Waals surface area (Å²) in [6.07, 6.45) is 13.3. The lowest BCUT2D eigenvalue weighted by molar-refractivity contribution is -0.155. The number of esters is 3. The Labute approximate surface area is 356 Å². The van der Waals surface area contributed by atoms with E-state index in [1.807, 2.05) is 34.6 Å². The maximum absolute atomic E-state index is 12.0. The summed E-state index contributed by atoms with van der Waals surface area (Å²) in [6, 6.07) is 3.37.